The quantitative estimate of drug-likeness (QED) is 0.914. The molecule has 1 N–H and O–H groups in total. The number of rotatable bonds is 2. The highest BCUT2D eigenvalue weighted by molar-refractivity contribution is 7.11. The minimum atomic E-state index is -0.465. The first-order valence-corrected chi connectivity index (χ1v) is 7.95. The molecule has 1 amide bonds. The van der Waals surface area contributed by atoms with Gasteiger partial charge in [-0.1, -0.05) is 0 Å². The summed E-state index contributed by atoms with van der Waals surface area (Å²) in [6, 6.07) is 4.22. The first-order chi connectivity index (χ1) is 9.83. The van der Waals surface area contributed by atoms with E-state index in [1.165, 1.54) is 9.75 Å². The molecule has 116 valence electrons. The summed E-state index contributed by atoms with van der Waals surface area (Å²) in [5.41, 5.74) is -0.465. The van der Waals surface area contributed by atoms with Crippen molar-refractivity contribution in [3.63, 3.8) is 0 Å². The van der Waals surface area contributed by atoms with Crippen LogP contribution in [-0.2, 0) is 11.3 Å². The Morgan fingerprint density at radius 2 is 2.24 bits per heavy atom. The highest BCUT2D eigenvalue weighted by Gasteiger charge is 2.24. The lowest BCUT2D eigenvalue weighted by molar-refractivity contribution is 0.0276. The number of carbonyl (C=O) groups excluding carboxylic acids is 1. The molecule has 2 heterocycles. The van der Waals surface area contributed by atoms with Crippen molar-refractivity contribution in [3.8, 4) is 0 Å². The molecule has 6 heteroatoms. The lowest BCUT2D eigenvalue weighted by atomic mass is 10.2. The summed E-state index contributed by atoms with van der Waals surface area (Å²) >= 11 is 1.77. The van der Waals surface area contributed by atoms with Crippen molar-refractivity contribution in [3.05, 3.63) is 21.9 Å². The van der Waals surface area contributed by atoms with Gasteiger partial charge in [-0.05, 0) is 39.8 Å². The molecule has 0 radical (unpaired) electrons. The Morgan fingerprint density at radius 3 is 2.86 bits per heavy atom. The van der Waals surface area contributed by atoms with Crippen LogP contribution in [0.15, 0.2) is 17.1 Å². The molecular weight excluding hydrogens is 286 g/mol. The van der Waals surface area contributed by atoms with Gasteiger partial charge in [-0.15, -0.1) is 11.3 Å². The van der Waals surface area contributed by atoms with Crippen LogP contribution in [0.2, 0.25) is 0 Å². The molecule has 0 aromatic carbocycles. The Labute approximate surface area is 130 Å². The minimum Gasteiger partial charge on any atom is -0.444 e. The normalized spacial score (nSPS) is 15.6. The molecule has 5 nitrogen and oxygen atoms in total. The number of hydrogen-bond acceptors (Lipinski definition) is 5. The van der Waals surface area contributed by atoms with Crippen LogP contribution in [0.25, 0.3) is 0 Å². The standard InChI is InChI=1S/C15H23N3O2S/c1-11-5-6-12(21-11)9-17-13-10-18(8-7-16-13)14(19)20-15(2,3)4/h5-6H,7-10H2,1-4H3,(H,16,17). The van der Waals surface area contributed by atoms with Gasteiger partial charge in [0.2, 0.25) is 0 Å². The third-order valence-corrected chi connectivity index (χ3v) is 3.93. The Morgan fingerprint density at radius 1 is 1.48 bits per heavy atom. The monoisotopic (exact) mass is 309 g/mol. The lowest BCUT2D eigenvalue weighted by Crippen LogP contribution is -2.47. The second kappa shape index (κ2) is 6.47. The molecular formula is C15H23N3O2S. The average molecular weight is 309 g/mol. The maximum atomic E-state index is 12.1. The van der Waals surface area contributed by atoms with Gasteiger partial charge >= 0.3 is 6.09 Å². The molecule has 0 saturated carbocycles. The summed E-state index contributed by atoms with van der Waals surface area (Å²) in [4.78, 5) is 20.8. The number of nitrogens with one attached hydrogen (secondary N) is 1. The molecule has 0 unspecified atom stereocenters. The van der Waals surface area contributed by atoms with Gasteiger partial charge in [0.25, 0.3) is 0 Å². The third-order valence-electron chi connectivity index (χ3n) is 2.93. The number of aliphatic imine (C=N–C) groups is 1. The number of thiophene rings is 1. The molecule has 0 atom stereocenters. The molecule has 21 heavy (non-hydrogen) atoms. The van der Waals surface area contributed by atoms with Crippen LogP contribution in [0, 0.1) is 6.92 Å². The minimum absolute atomic E-state index is 0.274. The third kappa shape index (κ3) is 5.04. The van der Waals surface area contributed by atoms with Gasteiger partial charge in [0.15, 0.2) is 0 Å². The van der Waals surface area contributed by atoms with E-state index in [1.54, 1.807) is 16.2 Å². The van der Waals surface area contributed by atoms with E-state index in [-0.39, 0.29) is 6.09 Å². The number of nitrogens with zero attached hydrogens (tertiary/aromatic N) is 2. The van der Waals surface area contributed by atoms with Crippen LogP contribution >= 0.6 is 11.3 Å². The van der Waals surface area contributed by atoms with Gasteiger partial charge in [0.05, 0.1) is 19.6 Å². The predicted molar refractivity (Wildman–Crippen MR) is 86.0 cm³/mol. The van der Waals surface area contributed by atoms with Gasteiger partial charge in [0, 0.05) is 16.3 Å². The van der Waals surface area contributed by atoms with Crippen LogP contribution in [0.5, 0.6) is 0 Å². The number of amides is 1. The Balaban J connectivity index is 1.85. The number of aryl methyl sites for hydroxylation is 1. The molecule has 0 spiro atoms. The summed E-state index contributed by atoms with van der Waals surface area (Å²) in [7, 11) is 0. The highest BCUT2D eigenvalue weighted by atomic mass is 32.1. The highest BCUT2D eigenvalue weighted by Crippen LogP contribution is 2.15. The van der Waals surface area contributed by atoms with Gasteiger partial charge in [0.1, 0.15) is 11.4 Å². The molecule has 1 aliphatic heterocycles. The Kier molecular flexibility index (Phi) is 4.88. The molecule has 0 fully saturated rings. The summed E-state index contributed by atoms with van der Waals surface area (Å²) < 4.78 is 5.40. The van der Waals surface area contributed by atoms with Crippen molar-refractivity contribution in [2.75, 3.05) is 19.6 Å². The summed E-state index contributed by atoms with van der Waals surface area (Å²) in [6.45, 7) is 10.2. The first kappa shape index (κ1) is 15.8. The van der Waals surface area contributed by atoms with E-state index in [9.17, 15) is 4.79 Å². The van der Waals surface area contributed by atoms with Gasteiger partial charge in [-0.2, -0.15) is 0 Å². The van der Waals surface area contributed by atoms with E-state index in [0.717, 1.165) is 12.4 Å². The molecule has 0 aliphatic carbocycles. The SMILES string of the molecule is Cc1ccc(CNC2=NCCN(C(=O)OC(C)(C)C)C2)s1. The summed E-state index contributed by atoms with van der Waals surface area (Å²) in [5, 5.41) is 3.31. The van der Waals surface area contributed by atoms with Crippen molar-refractivity contribution in [2.45, 2.75) is 39.8 Å². The van der Waals surface area contributed by atoms with E-state index < -0.39 is 5.60 Å². The van der Waals surface area contributed by atoms with Crippen LogP contribution in [0.3, 0.4) is 0 Å². The van der Waals surface area contributed by atoms with E-state index >= 15 is 0 Å². The van der Waals surface area contributed by atoms with Crippen LogP contribution in [0.4, 0.5) is 4.79 Å². The second-order valence-corrected chi connectivity index (χ2v) is 7.47. The zero-order chi connectivity index (χ0) is 15.5. The topological polar surface area (TPSA) is 53.9 Å². The maximum absolute atomic E-state index is 12.1. The van der Waals surface area contributed by atoms with Gasteiger partial charge < -0.3 is 10.1 Å². The fraction of sp³-hybridized carbons (Fsp3) is 0.600. The Hall–Kier alpha value is -1.56. The van der Waals surface area contributed by atoms with Crippen LogP contribution < -0.4 is 5.32 Å². The molecule has 1 aromatic rings. The van der Waals surface area contributed by atoms with Crippen LogP contribution in [0.1, 0.15) is 30.5 Å². The van der Waals surface area contributed by atoms with Crippen molar-refractivity contribution in [1.29, 1.82) is 0 Å². The lowest BCUT2D eigenvalue weighted by Gasteiger charge is -2.29. The van der Waals surface area contributed by atoms with E-state index in [2.05, 4.69) is 29.4 Å². The van der Waals surface area contributed by atoms with Gasteiger partial charge in [-0.3, -0.25) is 9.89 Å². The molecule has 0 bridgehead atoms. The summed E-state index contributed by atoms with van der Waals surface area (Å²) in [5.74, 6) is 0.846. The number of ether oxygens (including phenoxy) is 1. The van der Waals surface area contributed by atoms with E-state index in [0.29, 0.717) is 19.6 Å². The molecule has 1 aliphatic rings. The zero-order valence-electron chi connectivity index (χ0n) is 13.1. The Bertz CT molecular complexity index is 531. The number of carbonyl (C=O) groups is 1. The number of amidine groups is 1. The van der Waals surface area contributed by atoms with Crippen molar-refractivity contribution < 1.29 is 9.53 Å². The molecule has 2 rings (SSSR count). The first-order valence-electron chi connectivity index (χ1n) is 7.14. The van der Waals surface area contributed by atoms with E-state index in [4.69, 9.17) is 4.74 Å². The number of hydrogen-bond donors (Lipinski definition) is 1. The average Bonchev–Trinajstić information content (AvgIpc) is 2.81. The fourth-order valence-corrected chi connectivity index (χ4v) is 2.81. The largest absolute Gasteiger partial charge is 0.444 e. The zero-order valence-corrected chi connectivity index (χ0v) is 13.9. The van der Waals surface area contributed by atoms with Crippen molar-refractivity contribution in [2.24, 2.45) is 4.99 Å². The van der Waals surface area contributed by atoms with Gasteiger partial charge in [-0.25, -0.2) is 4.79 Å². The summed E-state index contributed by atoms with van der Waals surface area (Å²) in [6.07, 6.45) is -0.274. The molecule has 0 saturated heterocycles. The fourth-order valence-electron chi connectivity index (χ4n) is 1.98. The maximum Gasteiger partial charge on any atom is 0.410 e. The van der Waals surface area contributed by atoms with E-state index in [1.807, 2.05) is 20.8 Å². The second-order valence-electron chi connectivity index (χ2n) is 6.10. The van der Waals surface area contributed by atoms with Crippen molar-refractivity contribution >= 4 is 23.3 Å². The van der Waals surface area contributed by atoms with Crippen LogP contribution in [-0.4, -0.2) is 42.1 Å². The smallest absolute Gasteiger partial charge is 0.410 e. The molecule has 1 aromatic heterocycles. The predicted octanol–water partition coefficient (Wildman–Crippen LogP) is 2.80. The van der Waals surface area contributed by atoms with Crippen molar-refractivity contribution in [1.82, 2.24) is 10.2 Å².